The number of hydrogen-bond acceptors (Lipinski definition) is 3. The van der Waals surface area contributed by atoms with Crippen molar-refractivity contribution in [3.05, 3.63) is 41.6 Å². The van der Waals surface area contributed by atoms with E-state index in [1.807, 2.05) is 36.4 Å². The van der Waals surface area contributed by atoms with Gasteiger partial charge in [-0.05, 0) is 17.5 Å². The Balaban J connectivity index is 2.95. The van der Waals surface area contributed by atoms with E-state index in [0.717, 1.165) is 11.3 Å². The van der Waals surface area contributed by atoms with E-state index in [1.165, 1.54) is 6.20 Å². The first-order valence-electron chi connectivity index (χ1n) is 5.05. The zero-order valence-corrected chi connectivity index (χ0v) is 9.36. The average molecular weight is 211 g/mol. The lowest BCUT2D eigenvalue weighted by Gasteiger charge is -2.11. The molecule has 1 N–H and O–H groups in total. The highest BCUT2D eigenvalue weighted by Crippen LogP contribution is 2.23. The maximum Gasteiger partial charge on any atom is 0.145 e. The number of nitrogens with one attached hydrogen (secondary N) is 1. The van der Waals surface area contributed by atoms with Crippen LogP contribution >= 0.6 is 0 Å². The maximum absolute atomic E-state index is 8.60. The smallest absolute Gasteiger partial charge is 0.145 e. The van der Waals surface area contributed by atoms with Gasteiger partial charge < -0.3 is 5.32 Å². The van der Waals surface area contributed by atoms with Gasteiger partial charge in [0.25, 0.3) is 0 Å². The van der Waals surface area contributed by atoms with Crippen molar-refractivity contribution in [2.75, 3.05) is 5.32 Å². The van der Waals surface area contributed by atoms with Gasteiger partial charge in [0.1, 0.15) is 17.7 Å². The van der Waals surface area contributed by atoms with Crippen LogP contribution in [0.25, 0.3) is 0 Å². The number of nitrogens with zero attached hydrogens (tertiary/aromatic N) is 2. The molecule has 0 heterocycles. The number of anilines is 1. The van der Waals surface area contributed by atoms with Gasteiger partial charge in [-0.3, -0.25) is 0 Å². The van der Waals surface area contributed by atoms with Crippen LogP contribution in [-0.4, -0.2) is 0 Å². The van der Waals surface area contributed by atoms with Crippen LogP contribution < -0.4 is 5.32 Å². The third-order valence-electron chi connectivity index (χ3n) is 2.20. The van der Waals surface area contributed by atoms with Crippen LogP contribution in [0.2, 0.25) is 0 Å². The normalized spacial score (nSPS) is 9.06. The lowest BCUT2D eigenvalue weighted by molar-refractivity contribution is 0.869. The standard InChI is InChI=1S/C13H13N3/c1-10(2)12-5-3-4-6-13(12)16-9-11(7-14)8-15/h3-6,9-10,16H,1-2H3. The van der Waals surface area contributed by atoms with Gasteiger partial charge in [-0.1, -0.05) is 32.0 Å². The molecule has 1 aromatic rings. The van der Waals surface area contributed by atoms with Crippen LogP contribution in [0.4, 0.5) is 5.69 Å². The molecule has 0 aromatic heterocycles. The summed E-state index contributed by atoms with van der Waals surface area (Å²) >= 11 is 0. The molecule has 0 aliphatic heterocycles. The zero-order valence-electron chi connectivity index (χ0n) is 9.36. The van der Waals surface area contributed by atoms with Crippen molar-refractivity contribution < 1.29 is 0 Å². The van der Waals surface area contributed by atoms with Gasteiger partial charge in [-0.2, -0.15) is 10.5 Å². The predicted molar refractivity (Wildman–Crippen MR) is 63.5 cm³/mol. The molecular weight excluding hydrogens is 198 g/mol. The van der Waals surface area contributed by atoms with Crippen LogP contribution in [0.3, 0.4) is 0 Å². The van der Waals surface area contributed by atoms with E-state index < -0.39 is 0 Å². The summed E-state index contributed by atoms with van der Waals surface area (Å²) in [5.74, 6) is 0.393. The molecule has 0 saturated carbocycles. The molecule has 0 fully saturated rings. The number of benzene rings is 1. The van der Waals surface area contributed by atoms with Gasteiger partial charge in [0.05, 0.1) is 0 Å². The Morgan fingerprint density at radius 1 is 1.25 bits per heavy atom. The lowest BCUT2D eigenvalue weighted by atomic mass is 10.0. The SMILES string of the molecule is CC(C)c1ccccc1NC=C(C#N)C#N. The van der Waals surface area contributed by atoms with Gasteiger partial charge in [-0.25, -0.2) is 0 Å². The number of para-hydroxylation sites is 1. The van der Waals surface area contributed by atoms with Crippen molar-refractivity contribution in [1.29, 1.82) is 10.5 Å². The average Bonchev–Trinajstić information content (AvgIpc) is 2.30. The van der Waals surface area contributed by atoms with Crippen molar-refractivity contribution in [2.24, 2.45) is 0 Å². The lowest BCUT2D eigenvalue weighted by Crippen LogP contribution is -1.97. The highest BCUT2D eigenvalue weighted by molar-refractivity contribution is 5.56. The largest absolute Gasteiger partial charge is 0.360 e. The van der Waals surface area contributed by atoms with Crippen LogP contribution in [0.1, 0.15) is 25.3 Å². The summed E-state index contributed by atoms with van der Waals surface area (Å²) in [6.07, 6.45) is 1.43. The fourth-order valence-corrected chi connectivity index (χ4v) is 1.37. The number of rotatable bonds is 3. The third-order valence-corrected chi connectivity index (χ3v) is 2.20. The second-order valence-electron chi connectivity index (χ2n) is 3.67. The second-order valence-corrected chi connectivity index (χ2v) is 3.67. The molecule has 1 aromatic carbocycles. The van der Waals surface area contributed by atoms with E-state index in [2.05, 4.69) is 19.2 Å². The van der Waals surface area contributed by atoms with Crippen molar-refractivity contribution in [3.63, 3.8) is 0 Å². The van der Waals surface area contributed by atoms with E-state index in [-0.39, 0.29) is 5.57 Å². The minimum Gasteiger partial charge on any atom is -0.360 e. The molecule has 0 aliphatic rings. The molecule has 80 valence electrons. The molecule has 0 aliphatic carbocycles. The van der Waals surface area contributed by atoms with E-state index in [1.54, 1.807) is 0 Å². The van der Waals surface area contributed by atoms with Gasteiger partial charge in [-0.15, -0.1) is 0 Å². The van der Waals surface area contributed by atoms with E-state index in [9.17, 15) is 0 Å². The molecule has 0 amide bonds. The van der Waals surface area contributed by atoms with Crippen molar-refractivity contribution >= 4 is 5.69 Å². The van der Waals surface area contributed by atoms with Gasteiger partial charge in [0, 0.05) is 11.9 Å². The first-order chi connectivity index (χ1) is 7.69. The summed E-state index contributed by atoms with van der Waals surface area (Å²) in [5, 5.41) is 20.2. The number of hydrogen-bond donors (Lipinski definition) is 1. The first-order valence-corrected chi connectivity index (χ1v) is 5.05. The molecule has 0 unspecified atom stereocenters. The fourth-order valence-electron chi connectivity index (χ4n) is 1.37. The topological polar surface area (TPSA) is 59.6 Å². The van der Waals surface area contributed by atoms with E-state index >= 15 is 0 Å². The molecule has 0 bridgehead atoms. The van der Waals surface area contributed by atoms with Crippen molar-refractivity contribution in [2.45, 2.75) is 19.8 Å². The maximum atomic E-state index is 8.60. The van der Waals surface area contributed by atoms with Crippen LogP contribution in [0.15, 0.2) is 36.0 Å². The minimum absolute atomic E-state index is 0.0681. The first kappa shape index (κ1) is 11.8. The summed E-state index contributed by atoms with van der Waals surface area (Å²) in [4.78, 5) is 0. The van der Waals surface area contributed by atoms with E-state index in [4.69, 9.17) is 10.5 Å². The monoisotopic (exact) mass is 211 g/mol. The summed E-state index contributed by atoms with van der Waals surface area (Å²) < 4.78 is 0. The zero-order chi connectivity index (χ0) is 12.0. The molecule has 0 radical (unpaired) electrons. The van der Waals surface area contributed by atoms with Gasteiger partial charge in [0.2, 0.25) is 0 Å². The van der Waals surface area contributed by atoms with Gasteiger partial charge >= 0.3 is 0 Å². The summed E-state index contributed by atoms with van der Waals surface area (Å²) in [7, 11) is 0. The molecule has 16 heavy (non-hydrogen) atoms. The molecular formula is C13H13N3. The Bertz CT molecular complexity index is 457. The predicted octanol–water partition coefficient (Wildman–Crippen LogP) is 3.15. The van der Waals surface area contributed by atoms with Crippen LogP contribution in [-0.2, 0) is 0 Å². The highest BCUT2D eigenvalue weighted by Gasteiger charge is 2.04. The van der Waals surface area contributed by atoms with E-state index in [0.29, 0.717) is 5.92 Å². The minimum atomic E-state index is 0.0681. The summed E-state index contributed by atoms with van der Waals surface area (Å²) in [5.41, 5.74) is 2.16. The molecule has 0 spiro atoms. The highest BCUT2D eigenvalue weighted by atomic mass is 14.8. The molecule has 3 nitrogen and oxygen atoms in total. The van der Waals surface area contributed by atoms with Crippen LogP contribution in [0, 0.1) is 22.7 Å². The number of allylic oxidation sites excluding steroid dienone is 1. The Morgan fingerprint density at radius 3 is 2.44 bits per heavy atom. The number of nitriles is 2. The molecule has 0 atom stereocenters. The van der Waals surface area contributed by atoms with Crippen molar-refractivity contribution in [3.8, 4) is 12.1 Å². The Hall–Kier alpha value is -2.26. The fraction of sp³-hybridized carbons (Fsp3) is 0.231. The molecule has 0 saturated heterocycles. The van der Waals surface area contributed by atoms with Crippen molar-refractivity contribution in [1.82, 2.24) is 0 Å². The quantitative estimate of drug-likeness (QED) is 0.781. The third kappa shape index (κ3) is 2.87. The van der Waals surface area contributed by atoms with Gasteiger partial charge in [0.15, 0.2) is 0 Å². The Kier molecular flexibility index (Phi) is 4.12. The second kappa shape index (κ2) is 5.58. The summed E-state index contributed by atoms with van der Waals surface area (Å²) in [6.45, 7) is 4.19. The molecule has 3 heteroatoms. The van der Waals surface area contributed by atoms with Crippen LogP contribution in [0.5, 0.6) is 0 Å². The Labute approximate surface area is 95.6 Å². The summed E-state index contributed by atoms with van der Waals surface area (Å²) in [6, 6.07) is 11.5. The molecule has 1 rings (SSSR count). The Morgan fingerprint density at radius 2 is 1.88 bits per heavy atom.